The van der Waals surface area contributed by atoms with E-state index in [1.807, 2.05) is 36.4 Å². The number of nitrogens with zero attached hydrogens (tertiary/aromatic N) is 1. The largest absolute Gasteiger partial charge is 0.326 e. The second-order valence-electron chi connectivity index (χ2n) is 8.22. The summed E-state index contributed by atoms with van der Waals surface area (Å²) in [5.74, 6) is 0.300. The Morgan fingerprint density at radius 3 is 2.37 bits per heavy atom. The second kappa shape index (κ2) is 8.87. The molecule has 2 aromatic carbocycles. The van der Waals surface area contributed by atoms with E-state index in [4.69, 9.17) is 5.73 Å². The Hall–Kier alpha value is -1.88. The van der Waals surface area contributed by atoms with E-state index >= 15 is 0 Å². The first kappa shape index (κ1) is 21.4. The van der Waals surface area contributed by atoms with Crippen LogP contribution in [0.5, 0.6) is 0 Å². The predicted octanol–water partition coefficient (Wildman–Crippen LogP) is 3.77. The predicted molar refractivity (Wildman–Crippen MR) is 115 cm³/mol. The molecule has 3 N–H and O–H groups in total. The third-order valence-corrected chi connectivity index (χ3v) is 5.04. The number of halogens is 1. The number of para-hydroxylation sites is 1. The van der Waals surface area contributed by atoms with Crippen LogP contribution in [-0.4, -0.2) is 36.5 Å². The zero-order valence-electron chi connectivity index (χ0n) is 16.3. The number of likely N-dealkylation sites (tertiary alicyclic amines) is 1. The first-order valence-corrected chi connectivity index (χ1v) is 9.27. The van der Waals surface area contributed by atoms with Gasteiger partial charge in [0, 0.05) is 30.7 Å². The van der Waals surface area contributed by atoms with Crippen molar-refractivity contribution in [2.45, 2.75) is 38.1 Å². The summed E-state index contributed by atoms with van der Waals surface area (Å²) in [6.07, 6.45) is 0. The number of carbonyl (C=O) groups is 1. The molecule has 0 unspecified atom stereocenters. The van der Waals surface area contributed by atoms with Gasteiger partial charge < -0.3 is 11.1 Å². The lowest BCUT2D eigenvalue weighted by Crippen LogP contribution is -2.34. The first-order chi connectivity index (χ1) is 12.3. The van der Waals surface area contributed by atoms with E-state index in [1.165, 1.54) is 5.56 Å². The van der Waals surface area contributed by atoms with Crippen LogP contribution in [0.1, 0.15) is 37.8 Å². The third kappa shape index (κ3) is 5.32. The van der Waals surface area contributed by atoms with Gasteiger partial charge in [0.15, 0.2) is 0 Å². The minimum atomic E-state index is -0.0156. The molecule has 1 amide bonds. The monoisotopic (exact) mass is 387 g/mol. The highest BCUT2D eigenvalue weighted by Crippen LogP contribution is 2.30. The van der Waals surface area contributed by atoms with Crippen molar-refractivity contribution >= 4 is 24.0 Å². The molecule has 1 aliphatic rings. The highest BCUT2D eigenvalue weighted by molar-refractivity contribution is 5.93. The molecule has 1 aliphatic heterocycles. The molecular weight excluding hydrogens is 358 g/mol. The van der Waals surface area contributed by atoms with Crippen molar-refractivity contribution in [1.82, 2.24) is 4.90 Å². The van der Waals surface area contributed by atoms with Gasteiger partial charge in [-0.25, -0.2) is 0 Å². The topological polar surface area (TPSA) is 58.4 Å². The van der Waals surface area contributed by atoms with Crippen molar-refractivity contribution in [1.29, 1.82) is 0 Å². The van der Waals surface area contributed by atoms with Gasteiger partial charge in [0.1, 0.15) is 0 Å². The molecule has 0 radical (unpaired) electrons. The van der Waals surface area contributed by atoms with Gasteiger partial charge in [-0.3, -0.25) is 9.69 Å². The summed E-state index contributed by atoms with van der Waals surface area (Å²) in [6.45, 7) is 8.40. The van der Waals surface area contributed by atoms with Gasteiger partial charge in [0.2, 0.25) is 5.91 Å². The molecule has 0 bridgehead atoms. The molecule has 27 heavy (non-hydrogen) atoms. The summed E-state index contributed by atoms with van der Waals surface area (Å²) in [5.41, 5.74) is 9.62. The average molecular weight is 388 g/mol. The fourth-order valence-corrected chi connectivity index (χ4v) is 3.73. The van der Waals surface area contributed by atoms with Crippen LogP contribution < -0.4 is 11.1 Å². The van der Waals surface area contributed by atoms with Crippen molar-refractivity contribution < 1.29 is 4.79 Å². The summed E-state index contributed by atoms with van der Waals surface area (Å²) >= 11 is 0. The third-order valence-electron chi connectivity index (χ3n) is 5.04. The maximum Gasteiger partial charge on any atom is 0.238 e. The van der Waals surface area contributed by atoms with Crippen LogP contribution in [0.2, 0.25) is 0 Å². The maximum atomic E-state index is 12.6. The number of nitrogens with two attached hydrogens (primary N) is 1. The Kier molecular flexibility index (Phi) is 7.04. The van der Waals surface area contributed by atoms with E-state index in [1.54, 1.807) is 0 Å². The zero-order chi connectivity index (χ0) is 18.7. The van der Waals surface area contributed by atoms with E-state index in [0.29, 0.717) is 6.54 Å². The van der Waals surface area contributed by atoms with Gasteiger partial charge in [0.05, 0.1) is 6.54 Å². The molecule has 4 nitrogen and oxygen atoms in total. The summed E-state index contributed by atoms with van der Waals surface area (Å²) < 4.78 is 0. The highest BCUT2D eigenvalue weighted by atomic mass is 35.5. The van der Waals surface area contributed by atoms with Crippen LogP contribution in [-0.2, 0) is 10.2 Å². The lowest BCUT2D eigenvalue weighted by Gasteiger charge is -2.23. The molecule has 0 saturated carbocycles. The molecule has 146 valence electrons. The number of amides is 1. The van der Waals surface area contributed by atoms with Crippen molar-refractivity contribution in [2.75, 3.05) is 25.0 Å². The second-order valence-corrected chi connectivity index (χ2v) is 8.22. The Balaban J connectivity index is 0.00000261. The minimum Gasteiger partial charge on any atom is -0.326 e. The number of nitrogens with one attached hydrogen (secondary N) is 1. The molecule has 0 aromatic heterocycles. The fourth-order valence-electron chi connectivity index (χ4n) is 3.73. The molecule has 1 saturated heterocycles. The SMILES string of the molecule is CC(C)(C)c1ccccc1NC(=O)CN1C[C@@H](N)[C@H](c2ccccc2)C1.Cl. The normalized spacial score (nSPS) is 20.1. The van der Waals surface area contributed by atoms with Crippen LogP contribution in [0.25, 0.3) is 0 Å². The lowest BCUT2D eigenvalue weighted by atomic mass is 9.86. The summed E-state index contributed by atoms with van der Waals surface area (Å²) in [5, 5.41) is 3.09. The summed E-state index contributed by atoms with van der Waals surface area (Å²) in [4.78, 5) is 14.8. The number of anilines is 1. The van der Waals surface area contributed by atoms with Crippen molar-refractivity contribution in [3.05, 3.63) is 65.7 Å². The van der Waals surface area contributed by atoms with E-state index in [2.05, 4.69) is 49.2 Å². The van der Waals surface area contributed by atoms with Crippen LogP contribution >= 0.6 is 12.4 Å². The van der Waals surface area contributed by atoms with Gasteiger partial charge >= 0.3 is 0 Å². The van der Waals surface area contributed by atoms with Gasteiger partial charge in [-0.1, -0.05) is 69.3 Å². The van der Waals surface area contributed by atoms with Crippen LogP contribution in [0.3, 0.4) is 0 Å². The Labute approximate surface area is 168 Å². The molecule has 3 rings (SSSR count). The molecule has 1 heterocycles. The zero-order valence-corrected chi connectivity index (χ0v) is 17.1. The maximum absolute atomic E-state index is 12.6. The van der Waals surface area contributed by atoms with Crippen molar-refractivity contribution in [3.63, 3.8) is 0 Å². The van der Waals surface area contributed by atoms with Gasteiger partial charge in [-0.15, -0.1) is 12.4 Å². The Bertz CT molecular complexity index is 758. The van der Waals surface area contributed by atoms with E-state index in [9.17, 15) is 4.79 Å². The first-order valence-electron chi connectivity index (χ1n) is 9.27. The van der Waals surface area contributed by atoms with Gasteiger partial charge in [0.25, 0.3) is 0 Å². The summed E-state index contributed by atoms with van der Waals surface area (Å²) in [7, 11) is 0. The minimum absolute atomic E-state index is 0. The van der Waals surface area contributed by atoms with E-state index in [-0.39, 0.29) is 35.7 Å². The molecule has 2 atom stereocenters. The quantitative estimate of drug-likeness (QED) is 0.839. The molecule has 5 heteroatoms. The molecule has 2 aromatic rings. The number of hydrogen-bond acceptors (Lipinski definition) is 3. The molecular formula is C22H30ClN3O. The Morgan fingerprint density at radius 1 is 1.07 bits per heavy atom. The fraction of sp³-hybridized carbons (Fsp3) is 0.409. The van der Waals surface area contributed by atoms with Crippen molar-refractivity contribution in [2.24, 2.45) is 5.73 Å². The summed E-state index contributed by atoms with van der Waals surface area (Å²) in [6, 6.07) is 18.4. The van der Waals surface area contributed by atoms with Crippen molar-refractivity contribution in [3.8, 4) is 0 Å². The average Bonchev–Trinajstić information content (AvgIpc) is 2.95. The smallest absolute Gasteiger partial charge is 0.238 e. The van der Waals surface area contributed by atoms with Crippen LogP contribution in [0, 0.1) is 0 Å². The lowest BCUT2D eigenvalue weighted by molar-refractivity contribution is -0.117. The van der Waals surface area contributed by atoms with E-state index < -0.39 is 0 Å². The highest BCUT2D eigenvalue weighted by Gasteiger charge is 2.32. The standard InChI is InChI=1S/C22H29N3O.ClH/c1-22(2,3)18-11-7-8-12-20(18)24-21(26)15-25-13-17(19(23)14-25)16-9-5-4-6-10-16;/h4-12,17,19H,13-15,23H2,1-3H3,(H,24,26);1H/t17-,19+;/m0./s1. The number of benzene rings is 2. The Morgan fingerprint density at radius 2 is 1.70 bits per heavy atom. The number of rotatable bonds is 4. The van der Waals surface area contributed by atoms with Gasteiger partial charge in [-0.2, -0.15) is 0 Å². The molecule has 0 spiro atoms. The molecule has 0 aliphatic carbocycles. The van der Waals surface area contributed by atoms with Gasteiger partial charge in [-0.05, 0) is 22.6 Å². The van der Waals surface area contributed by atoms with Crippen LogP contribution in [0.4, 0.5) is 5.69 Å². The number of carbonyl (C=O) groups excluding carboxylic acids is 1. The van der Waals surface area contributed by atoms with E-state index in [0.717, 1.165) is 24.3 Å². The number of hydrogen-bond donors (Lipinski definition) is 2. The van der Waals surface area contributed by atoms with Crippen LogP contribution in [0.15, 0.2) is 54.6 Å². The molecule has 1 fully saturated rings.